The number of carbonyl (C=O) groups is 1. The molecule has 2 N–H and O–H groups in total. The van der Waals surface area contributed by atoms with Gasteiger partial charge in [0.25, 0.3) is 0 Å². The van der Waals surface area contributed by atoms with Crippen molar-refractivity contribution in [2.45, 2.75) is 32.2 Å². The van der Waals surface area contributed by atoms with Gasteiger partial charge in [0.1, 0.15) is 0 Å². The first kappa shape index (κ1) is 12.4. The van der Waals surface area contributed by atoms with Crippen molar-refractivity contribution in [3.63, 3.8) is 0 Å². The van der Waals surface area contributed by atoms with Crippen LogP contribution in [0.5, 0.6) is 0 Å². The molecule has 0 aliphatic carbocycles. The highest BCUT2D eigenvalue weighted by atomic mass is 16.5. The van der Waals surface area contributed by atoms with Crippen LogP contribution in [0.3, 0.4) is 0 Å². The molecule has 78 valence electrons. The maximum atomic E-state index is 11.2. The van der Waals surface area contributed by atoms with Crippen LogP contribution in [0, 0.1) is 0 Å². The van der Waals surface area contributed by atoms with Gasteiger partial charge in [-0.2, -0.15) is 0 Å². The minimum atomic E-state index is -0.0158. The van der Waals surface area contributed by atoms with Crippen LogP contribution in [-0.2, 0) is 9.53 Å². The Morgan fingerprint density at radius 2 is 2.31 bits per heavy atom. The van der Waals surface area contributed by atoms with Gasteiger partial charge in [-0.25, -0.2) is 0 Å². The summed E-state index contributed by atoms with van der Waals surface area (Å²) in [7, 11) is 1.61. The Kier molecular flexibility index (Phi) is 7.63. The van der Waals surface area contributed by atoms with E-state index in [1.165, 1.54) is 0 Å². The van der Waals surface area contributed by atoms with E-state index in [1.807, 2.05) is 6.92 Å². The second-order valence-corrected chi connectivity index (χ2v) is 2.96. The molecule has 1 amide bonds. The van der Waals surface area contributed by atoms with E-state index in [0.717, 1.165) is 6.42 Å². The number of aliphatic hydroxyl groups excluding tert-OH is 1. The first-order valence-corrected chi connectivity index (χ1v) is 4.63. The molecule has 0 heterocycles. The number of aliphatic hydroxyl groups is 1. The average molecular weight is 189 g/mol. The van der Waals surface area contributed by atoms with E-state index >= 15 is 0 Å². The van der Waals surface area contributed by atoms with E-state index in [4.69, 9.17) is 9.84 Å². The summed E-state index contributed by atoms with van der Waals surface area (Å²) in [6.45, 7) is 2.60. The molecule has 0 rings (SSSR count). The lowest BCUT2D eigenvalue weighted by Crippen LogP contribution is -2.37. The number of hydrogen-bond acceptors (Lipinski definition) is 3. The monoisotopic (exact) mass is 189 g/mol. The quantitative estimate of drug-likeness (QED) is 0.605. The highest BCUT2D eigenvalue weighted by Crippen LogP contribution is 1.94. The van der Waals surface area contributed by atoms with Crippen LogP contribution in [0.4, 0.5) is 0 Å². The first-order chi connectivity index (χ1) is 6.24. The summed E-state index contributed by atoms with van der Waals surface area (Å²) < 4.78 is 4.94. The fourth-order valence-electron chi connectivity index (χ4n) is 1.00. The van der Waals surface area contributed by atoms with Gasteiger partial charge in [0, 0.05) is 20.1 Å². The maximum absolute atomic E-state index is 11.2. The summed E-state index contributed by atoms with van der Waals surface area (Å²) >= 11 is 0. The normalized spacial score (nSPS) is 12.5. The molecule has 0 fully saturated rings. The first-order valence-electron chi connectivity index (χ1n) is 4.63. The summed E-state index contributed by atoms with van der Waals surface area (Å²) in [6, 6.07) is 0.0937. The second-order valence-electron chi connectivity index (χ2n) is 2.96. The summed E-state index contributed by atoms with van der Waals surface area (Å²) in [5.41, 5.74) is 0. The number of nitrogens with one attached hydrogen (secondary N) is 1. The molecule has 0 saturated carbocycles. The van der Waals surface area contributed by atoms with Crippen molar-refractivity contribution in [3.05, 3.63) is 0 Å². The Morgan fingerprint density at radius 3 is 2.77 bits per heavy atom. The zero-order valence-electron chi connectivity index (χ0n) is 8.38. The fraction of sp³-hybridized carbons (Fsp3) is 0.889. The average Bonchev–Trinajstić information content (AvgIpc) is 2.14. The zero-order chi connectivity index (χ0) is 10.1. The van der Waals surface area contributed by atoms with Gasteiger partial charge in [-0.05, 0) is 12.8 Å². The predicted molar refractivity (Wildman–Crippen MR) is 50.4 cm³/mol. The highest BCUT2D eigenvalue weighted by Gasteiger charge is 2.08. The molecular formula is C9H19NO3. The van der Waals surface area contributed by atoms with Gasteiger partial charge < -0.3 is 15.2 Å². The molecule has 1 unspecified atom stereocenters. The summed E-state index contributed by atoms with van der Waals surface area (Å²) in [6.07, 6.45) is 1.77. The van der Waals surface area contributed by atoms with Crippen molar-refractivity contribution >= 4 is 5.91 Å². The van der Waals surface area contributed by atoms with Crippen LogP contribution in [0.15, 0.2) is 0 Å². The molecule has 0 saturated heterocycles. The summed E-state index contributed by atoms with van der Waals surface area (Å²) in [4.78, 5) is 11.2. The SMILES string of the molecule is CCC(COC)NC(=O)CCCO. The molecule has 13 heavy (non-hydrogen) atoms. The van der Waals surface area contributed by atoms with Crippen molar-refractivity contribution in [1.82, 2.24) is 5.32 Å². The Morgan fingerprint density at radius 1 is 1.62 bits per heavy atom. The minimum absolute atomic E-state index is 0.0158. The van der Waals surface area contributed by atoms with E-state index in [-0.39, 0.29) is 18.6 Å². The van der Waals surface area contributed by atoms with Gasteiger partial charge >= 0.3 is 0 Å². The van der Waals surface area contributed by atoms with Crippen molar-refractivity contribution in [2.75, 3.05) is 20.3 Å². The number of amides is 1. The van der Waals surface area contributed by atoms with E-state index in [0.29, 0.717) is 19.4 Å². The fourth-order valence-corrected chi connectivity index (χ4v) is 1.00. The van der Waals surface area contributed by atoms with Gasteiger partial charge in [0.2, 0.25) is 5.91 Å². The second kappa shape index (κ2) is 8.01. The molecule has 4 nitrogen and oxygen atoms in total. The molecule has 1 atom stereocenters. The summed E-state index contributed by atoms with van der Waals surface area (Å²) in [5.74, 6) is -0.0158. The zero-order valence-corrected chi connectivity index (χ0v) is 8.38. The van der Waals surface area contributed by atoms with Crippen LogP contribution in [0.1, 0.15) is 26.2 Å². The Bertz CT molecular complexity index is 139. The number of hydrogen-bond donors (Lipinski definition) is 2. The Labute approximate surface area is 79.3 Å². The van der Waals surface area contributed by atoms with Crippen molar-refractivity contribution < 1.29 is 14.6 Å². The molecule has 0 aliphatic rings. The van der Waals surface area contributed by atoms with E-state index in [2.05, 4.69) is 5.32 Å². The number of carbonyl (C=O) groups excluding carboxylic acids is 1. The topological polar surface area (TPSA) is 58.6 Å². The van der Waals surface area contributed by atoms with Gasteiger partial charge in [0.05, 0.1) is 12.6 Å². The van der Waals surface area contributed by atoms with Gasteiger partial charge in [0.15, 0.2) is 0 Å². The molecule has 0 aromatic carbocycles. The van der Waals surface area contributed by atoms with Crippen LogP contribution in [0.25, 0.3) is 0 Å². The number of rotatable bonds is 7. The number of methoxy groups -OCH3 is 1. The van der Waals surface area contributed by atoms with Crippen LogP contribution in [0.2, 0.25) is 0 Å². The van der Waals surface area contributed by atoms with Gasteiger partial charge in [-0.3, -0.25) is 4.79 Å². The third-order valence-electron chi connectivity index (χ3n) is 1.79. The molecule has 4 heteroatoms. The molecule has 0 aromatic rings. The van der Waals surface area contributed by atoms with Crippen LogP contribution in [-0.4, -0.2) is 37.4 Å². The van der Waals surface area contributed by atoms with E-state index in [1.54, 1.807) is 7.11 Å². The lowest BCUT2D eigenvalue weighted by Gasteiger charge is -2.15. The van der Waals surface area contributed by atoms with Crippen LogP contribution < -0.4 is 5.32 Å². The molecule has 0 bridgehead atoms. The molecule has 0 aromatic heterocycles. The third-order valence-corrected chi connectivity index (χ3v) is 1.79. The Balaban J connectivity index is 3.60. The summed E-state index contributed by atoms with van der Waals surface area (Å²) in [5, 5.41) is 11.3. The van der Waals surface area contributed by atoms with Crippen molar-refractivity contribution in [1.29, 1.82) is 0 Å². The third kappa shape index (κ3) is 6.54. The highest BCUT2D eigenvalue weighted by molar-refractivity contribution is 5.76. The molecule has 0 aliphatic heterocycles. The maximum Gasteiger partial charge on any atom is 0.220 e. The smallest absolute Gasteiger partial charge is 0.220 e. The Hall–Kier alpha value is -0.610. The lowest BCUT2D eigenvalue weighted by atomic mass is 10.2. The lowest BCUT2D eigenvalue weighted by molar-refractivity contribution is -0.122. The van der Waals surface area contributed by atoms with E-state index < -0.39 is 0 Å². The van der Waals surface area contributed by atoms with Crippen LogP contribution >= 0.6 is 0 Å². The largest absolute Gasteiger partial charge is 0.396 e. The molecular weight excluding hydrogens is 170 g/mol. The number of ether oxygens (including phenoxy) is 1. The van der Waals surface area contributed by atoms with Crippen molar-refractivity contribution in [2.24, 2.45) is 0 Å². The molecule has 0 spiro atoms. The van der Waals surface area contributed by atoms with Crippen molar-refractivity contribution in [3.8, 4) is 0 Å². The van der Waals surface area contributed by atoms with E-state index in [9.17, 15) is 4.79 Å². The van der Waals surface area contributed by atoms with Gasteiger partial charge in [-0.1, -0.05) is 6.92 Å². The van der Waals surface area contributed by atoms with Gasteiger partial charge in [-0.15, -0.1) is 0 Å². The predicted octanol–water partition coefficient (Wildman–Crippen LogP) is 0.300. The molecule has 0 radical (unpaired) electrons. The minimum Gasteiger partial charge on any atom is -0.396 e. The standard InChI is InChI=1S/C9H19NO3/c1-3-8(7-13-2)10-9(12)5-4-6-11/h8,11H,3-7H2,1-2H3,(H,10,12).